The zero-order valence-electron chi connectivity index (χ0n) is 27.0. The van der Waals surface area contributed by atoms with Crippen molar-refractivity contribution in [2.75, 3.05) is 18.7 Å². The summed E-state index contributed by atoms with van der Waals surface area (Å²) in [7, 11) is -2.50. The summed E-state index contributed by atoms with van der Waals surface area (Å²) < 4.78 is 56.4. The molecule has 5 rings (SSSR count). The number of ether oxygens (including phenoxy) is 2. The molecule has 0 aliphatic rings. The van der Waals surface area contributed by atoms with Crippen molar-refractivity contribution in [1.29, 1.82) is 0 Å². The van der Waals surface area contributed by atoms with Crippen LogP contribution in [0, 0.1) is 18.7 Å². The summed E-state index contributed by atoms with van der Waals surface area (Å²) in [5.74, 6) is -2.12. The number of benzene rings is 3. The first-order chi connectivity index (χ1) is 23.3. The number of amides is 1. The summed E-state index contributed by atoms with van der Waals surface area (Å²) in [4.78, 5) is 43.8. The van der Waals surface area contributed by atoms with Crippen molar-refractivity contribution in [3.05, 3.63) is 106 Å². The largest absolute Gasteiger partial charge is 0.497 e. The lowest BCUT2D eigenvalue weighted by molar-refractivity contribution is -0.135. The molecule has 256 valence electrons. The van der Waals surface area contributed by atoms with E-state index in [9.17, 15) is 22.8 Å². The molecule has 1 amide bonds. The van der Waals surface area contributed by atoms with E-state index in [2.05, 4.69) is 14.5 Å². The Morgan fingerprint density at radius 3 is 2.45 bits per heavy atom. The molecule has 2 heterocycles. The molecule has 2 aromatic heterocycles. The molecule has 0 aliphatic heterocycles. The van der Waals surface area contributed by atoms with Gasteiger partial charge in [0.15, 0.2) is 11.6 Å². The number of hydrogen-bond acceptors (Lipinski definition) is 10. The summed E-state index contributed by atoms with van der Waals surface area (Å²) in [6.07, 6.45) is 2.30. The van der Waals surface area contributed by atoms with Gasteiger partial charge in [0.1, 0.15) is 23.1 Å². The Morgan fingerprint density at radius 1 is 1.04 bits per heavy atom. The van der Waals surface area contributed by atoms with Gasteiger partial charge >= 0.3 is 16.1 Å². The maximum Gasteiger partial charge on any atom is 0.338 e. The maximum absolute atomic E-state index is 15.3. The number of hydrogen-bond donors (Lipinski definition) is 2. The number of nitrogens with one attached hydrogen (secondary N) is 1. The first-order valence-electron chi connectivity index (χ1n) is 15.0. The average Bonchev–Trinajstić information content (AvgIpc) is 3.29. The van der Waals surface area contributed by atoms with Gasteiger partial charge in [-0.25, -0.2) is 13.9 Å². The molecular weight excluding hydrogens is 657 g/mol. The second kappa shape index (κ2) is 14.3. The molecular formula is C34H34FN5O8S. The number of nitrogens with two attached hydrogens (primary N) is 1. The van der Waals surface area contributed by atoms with E-state index in [4.69, 9.17) is 15.2 Å². The number of nitrogens with zero attached hydrogens (tertiary/aromatic N) is 3. The normalized spacial score (nSPS) is 12.7. The van der Waals surface area contributed by atoms with E-state index >= 15 is 4.39 Å². The molecule has 1 unspecified atom stereocenters. The van der Waals surface area contributed by atoms with E-state index in [0.717, 1.165) is 12.3 Å². The number of fused-ring (bicyclic) bond motifs is 1. The fourth-order valence-corrected chi connectivity index (χ4v) is 5.78. The SMILES string of the molecule is COc1ccc2c(Oc3ccc(NC(=O)c4c(C)n(C[C@@H](C)CC(N)C(=O)OS(C)(=O)=O)n(-c5ccccc5)c4=O)cc3F)ccnc2c1. The fraction of sp³-hybridized carbons (Fsp3) is 0.235. The van der Waals surface area contributed by atoms with Gasteiger partial charge in [-0.1, -0.05) is 25.1 Å². The standard InChI is InChI=1S/C34H34FN5O8S/c1-20(16-27(36)34(43)48-49(4,44)45)19-39-21(2)31(33(42)40(39)23-8-6-5-7-9-23)32(41)38-22-10-13-30(26(35)17-22)47-29-14-15-37-28-18-24(46-3)11-12-25(28)29/h5-15,17-18,20,27H,16,19,36H2,1-4H3,(H,38,41)/t20-,27?/m0/s1. The van der Waals surface area contributed by atoms with Crippen LogP contribution in [0.25, 0.3) is 16.6 Å². The Labute approximate surface area is 281 Å². The molecule has 0 spiro atoms. The molecule has 0 radical (unpaired) electrons. The number of carbonyl (C=O) groups is 2. The molecule has 13 nitrogen and oxygen atoms in total. The molecule has 0 saturated carbocycles. The van der Waals surface area contributed by atoms with Gasteiger partial charge < -0.3 is 24.7 Å². The van der Waals surface area contributed by atoms with Crippen LogP contribution >= 0.6 is 0 Å². The number of aromatic nitrogens is 3. The van der Waals surface area contributed by atoms with E-state index in [1.54, 1.807) is 80.2 Å². The monoisotopic (exact) mass is 691 g/mol. The number of anilines is 1. The van der Waals surface area contributed by atoms with Crippen molar-refractivity contribution in [1.82, 2.24) is 14.3 Å². The molecule has 5 aromatic rings. The van der Waals surface area contributed by atoms with Crippen molar-refractivity contribution in [3.63, 3.8) is 0 Å². The predicted molar refractivity (Wildman–Crippen MR) is 180 cm³/mol. The van der Waals surface area contributed by atoms with Crippen molar-refractivity contribution in [2.24, 2.45) is 11.7 Å². The Bertz CT molecular complexity index is 2200. The second-order valence-corrected chi connectivity index (χ2v) is 13.0. The fourth-order valence-electron chi connectivity index (χ4n) is 5.36. The van der Waals surface area contributed by atoms with Crippen LogP contribution < -0.4 is 26.1 Å². The number of rotatable bonds is 12. The van der Waals surface area contributed by atoms with Gasteiger partial charge in [0.25, 0.3) is 11.5 Å². The third-order valence-corrected chi connectivity index (χ3v) is 8.09. The first kappa shape index (κ1) is 34.8. The van der Waals surface area contributed by atoms with Crippen LogP contribution in [0.4, 0.5) is 10.1 Å². The number of para-hydroxylation sites is 1. The lowest BCUT2D eigenvalue weighted by atomic mass is 10.0. The molecule has 0 saturated heterocycles. The van der Waals surface area contributed by atoms with Crippen molar-refractivity contribution >= 4 is 38.6 Å². The Kier molecular flexibility index (Phi) is 10.1. The summed E-state index contributed by atoms with van der Waals surface area (Å²) in [6, 6.07) is 18.1. The number of methoxy groups -OCH3 is 1. The first-order valence-corrected chi connectivity index (χ1v) is 16.9. The molecule has 0 fully saturated rings. The van der Waals surface area contributed by atoms with Gasteiger partial charge in [-0.3, -0.25) is 19.3 Å². The van der Waals surface area contributed by atoms with Crippen molar-refractivity contribution in [3.8, 4) is 22.9 Å². The predicted octanol–water partition coefficient (Wildman–Crippen LogP) is 4.54. The minimum absolute atomic E-state index is 0.0215. The van der Waals surface area contributed by atoms with Gasteiger partial charge in [0, 0.05) is 35.9 Å². The lowest BCUT2D eigenvalue weighted by Gasteiger charge is -2.20. The van der Waals surface area contributed by atoms with E-state index in [1.165, 1.54) is 23.0 Å². The van der Waals surface area contributed by atoms with Crippen LogP contribution in [-0.4, -0.2) is 54.0 Å². The van der Waals surface area contributed by atoms with Crippen LogP contribution in [-0.2, 0) is 25.6 Å². The van der Waals surface area contributed by atoms with E-state index < -0.39 is 39.4 Å². The third kappa shape index (κ3) is 7.96. The average molecular weight is 692 g/mol. The van der Waals surface area contributed by atoms with Gasteiger partial charge in [-0.15, -0.1) is 0 Å². The Morgan fingerprint density at radius 2 is 1.78 bits per heavy atom. The van der Waals surface area contributed by atoms with E-state index in [1.807, 2.05) is 0 Å². The highest BCUT2D eigenvalue weighted by Crippen LogP contribution is 2.33. The maximum atomic E-state index is 15.3. The van der Waals surface area contributed by atoms with Crippen LogP contribution in [0.5, 0.6) is 17.2 Å². The molecule has 0 aliphatic carbocycles. The van der Waals surface area contributed by atoms with Gasteiger partial charge in [-0.05, 0) is 61.7 Å². The van der Waals surface area contributed by atoms with Gasteiger partial charge in [0.2, 0.25) is 0 Å². The zero-order chi connectivity index (χ0) is 35.5. The minimum atomic E-state index is -4.04. The lowest BCUT2D eigenvalue weighted by Crippen LogP contribution is -2.36. The van der Waals surface area contributed by atoms with E-state index in [0.29, 0.717) is 33.8 Å². The van der Waals surface area contributed by atoms with E-state index in [-0.39, 0.29) is 35.9 Å². The summed E-state index contributed by atoms with van der Waals surface area (Å²) in [5, 5.41) is 3.24. The molecule has 0 bridgehead atoms. The second-order valence-electron chi connectivity index (χ2n) is 11.4. The number of halogens is 1. The quantitative estimate of drug-likeness (QED) is 0.177. The summed E-state index contributed by atoms with van der Waals surface area (Å²) >= 11 is 0. The van der Waals surface area contributed by atoms with Crippen molar-refractivity contribution in [2.45, 2.75) is 32.9 Å². The zero-order valence-corrected chi connectivity index (χ0v) is 27.9. The number of carbonyl (C=O) groups excluding carboxylic acids is 2. The Balaban J connectivity index is 1.39. The third-order valence-electron chi connectivity index (χ3n) is 7.62. The highest BCUT2D eigenvalue weighted by Gasteiger charge is 2.27. The molecule has 2 atom stereocenters. The Hall–Kier alpha value is -5.54. The van der Waals surface area contributed by atoms with Crippen LogP contribution in [0.15, 0.2) is 83.8 Å². The smallest absolute Gasteiger partial charge is 0.338 e. The molecule has 49 heavy (non-hydrogen) atoms. The summed E-state index contributed by atoms with van der Waals surface area (Å²) in [6.45, 7) is 3.47. The highest BCUT2D eigenvalue weighted by molar-refractivity contribution is 7.86. The minimum Gasteiger partial charge on any atom is -0.497 e. The number of pyridine rings is 1. The molecule has 15 heteroatoms. The highest BCUT2D eigenvalue weighted by atomic mass is 32.2. The molecule has 3 N–H and O–H groups in total. The van der Waals surface area contributed by atoms with Crippen LogP contribution in [0.2, 0.25) is 0 Å². The summed E-state index contributed by atoms with van der Waals surface area (Å²) in [5.41, 5.74) is 6.54. The van der Waals surface area contributed by atoms with Gasteiger partial charge in [-0.2, -0.15) is 8.42 Å². The molecule has 3 aromatic carbocycles. The van der Waals surface area contributed by atoms with Crippen LogP contribution in [0.3, 0.4) is 0 Å². The van der Waals surface area contributed by atoms with Crippen LogP contribution in [0.1, 0.15) is 29.4 Å². The van der Waals surface area contributed by atoms with Crippen molar-refractivity contribution < 1.29 is 36.1 Å². The van der Waals surface area contributed by atoms with Gasteiger partial charge in [0.05, 0.1) is 30.3 Å². The topological polar surface area (TPSA) is 174 Å².